The molecule has 2 heterocycles. The van der Waals surface area contributed by atoms with Crippen LogP contribution in [0.15, 0.2) is 18.2 Å². The van der Waals surface area contributed by atoms with Crippen molar-refractivity contribution < 1.29 is 9.59 Å². The van der Waals surface area contributed by atoms with Crippen LogP contribution in [-0.4, -0.2) is 53.8 Å². The zero-order valence-corrected chi connectivity index (χ0v) is 15.3. The number of piperidine rings is 1. The second-order valence-electron chi connectivity index (χ2n) is 7.58. The molecule has 0 aromatic heterocycles. The van der Waals surface area contributed by atoms with Crippen LogP contribution in [0.2, 0.25) is 0 Å². The highest BCUT2D eigenvalue weighted by Gasteiger charge is 2.36. The third-order valence-electron chi connectivity index (χ3n) is 5.86. The summed E-state index contributed by atoms with van der Waals surface area (Å²) in [5.41, 5.74) is 9.20. The molecule has 0 bridgehead atoms. The van der Waals surface area contributed by atoms with Crippen LogP contribution in [0.5, 0.6) is 0 Å². The molecule has 2 aliphatic rings. The van der Waals surface area contributed by atoms with Crippen LogP contribution in [0.3, 0.4) is 0 Å². The Balaban J connectivity index is 1.40. The second-order valence-corrected chi connectivity index (χ2v) is 7.58. The van der Waals surface area contributed by atoms with Gasteiger partial charge in [0.1, 0.15) is 0 Å². The summed E-state index contributed by atoms with van der Waals surface area (Å²) in [4.78, 5) is 28.0. The summed E-state index contributed by atoms with van der Waals surface area (Å²) in [6, 6.07) is 6.89. The number of nitrogens with two attached hydrogens (primary N) is 1. The van der Waals surface area contributed by atoms with Crippen LogP contribution in [0, 0.1) is 19.8 Å². The highest BCUT2D eigenvalue weighted by Crippen LogP contribution is 2.24. The van der Waals surface area contributed by atoms with E-state index >= 15 is 0 Å². The van der Waals surface area contributed by atoms with Crippen LogP contribution in [0.1, 0.15) is 36.0 Å². The molecule has 1 aromatic carbocycles. The molecular formula is C20H29N3O2. The fourth-order valence-corrected chi connectivity index (χ4v) is 3.81. The van der Waals surface area contributed by atoms with E-state index in [0.717, 1.165) is 45.4 Å². The lowest BCUT2D eigenvalue weighted by atomic mass is 9.93. The van der Waals surface area contributed by atoms with Crippen molar-refractivity contribution in [1.29, 1.82) is 0 Å². The fraction of sp³-hybridized carbons (Fsp3) is 0.600. The Morgan fingerprint density at radius 1 is 1.12 bits per heavy atom. The third-order valence-corrected chi connectivity index (χ3v) is 5.86. The van der Waals surface area contributed by atoms with E-state index in [4.69, 9.17) is 5.73 Å². The van der Waals surface area contributed by atoms with Gasteiger partial charge in [-0.2, -0.15) is 0 Å². The lowest BCUT2D eigenvalue weighted by Gasteiger charge is -2.47. The molecule has 5 nitrogen and oxygen atoms in total. The Hall–Kier alpha value is -1.88. The van der Waals surface area contributed by atoms with Crippen molar-refractivity contribution in [3.05, 3.63) is 34.9 Å². The number of hydrogen-bond donors (Lipinski definition) is 1. The molecule has 136 valence electrons. The normalized spacial score (nSPS) is 19.7. The number of amides is 2. The zero-order valence-electron chi connectivity index (χ0n) is 15.3. The molecule has 25 heavy (non-hydrogen) atoms. The Morgan fingerprint density at radius 2 is 1.80 bits per heavy atom. The van der Waals surface area contributed by atoms with E-state index in [2.05, 4.69) is 36.9 Å². The third kappa shape index (κ3) is 4.21. The molecule has 2 amide bonds. The van der Waals surface area contributed by atoms with E-state index in [1.165, 1.54) is 16.7 Å². The SMILES string of the molecule is Cc1ccc(CCC(=O)N2CC(N3CCC(C(N)=O)CC3)C2)cc1C. The second kappa shape index (κ2) is 7.56. The molecule has 2 aliphatic heterocycles. The van der Waals surface area contributed by atoms with Crippen molar-refractivity contribution >= 4 is 11.8 Å². The molecule has 0 aliphatic carbocycles. The minimum atomic E-state index is -0.170. The van der Waals surface area contributed by atoms with Gasteiger partial charge in [0.05, 0.1) is 0 Å². The van der Waals surface area contributed by atoms with Crippen molar-refractivity contribution in [2.75, 3.05) is 26.2 Å². The summed E-state index contributed by atoms with van der Waals surface area (Å²) in [6.07, 6.45) is 3.10. The Labute approximate surface area is 150 Å². The molecule has 0 radical (unpaired) electrons. The van der Waals surface area contributed by atoms with Gasteiger partial charge in [-0.15, -0.1) is 0 Å². The number of nitrogens with zero attached hydrogens (tertiary/aromatic N) is 2. The predicted molar refractivity (Wildman–Crippen MR) is 98.1 cm³/mol. The van der Waals surface area contributed by atoms with Crippen LogP contribution in [-0.2, 0) is 16.0 Å². The molecular weight excluding hydrogens is 314 g/mol. The van der Waals surface area contributed by atoms with Crippen molar-refractivity contribution in [3.63, 3.8) is 0 Å². The number of primary amides is 1. The van der Waals surface area contributed by atoms with E-state index < -0.39 is 0 Å². The Kier molecular flexibility index (Phi) is 5.42. The van der Waals surface area contributed by atoms with Gasteiger partial charge in [-0.05, 0) is 62.9 Å². The molecule has 0 unspecified atom stereocenters. The average Bonchev–Trinajstić information content (AvgIpc) is 2.55. The lowest BCUT2D eigenvalue weighted by Crippen LogP contribution is -2.62. The van der Waals surface area contributed by atoms with E-state index in [0.29, 0.717) is 12.5 Å². The number of carbonyl (C=O) groups is 2. The summed E-state index contributed by atoms with van der Waals surface area (Å²) in [5.74, 6) is 0.116. The Bertz CT molecular complexity index is 644. The lowest BCUT2D eigenvalue weighted by molar-refractivity contribution is -0.139. The molecule has 2 N–H and O–H groups in total. The summed E-state index contributed by atoms with van der Waals surface area (Å²) < 4.78 is 0. The fourth-order valence-electron chi connectivity index (χ4n) is 3.81. The molecule has 5 heteroatoms. The smallest absolute Gasteiger partial charge is 0.223 e. The quantitative estimate of drug-likeness (QED) is 0.884. The Morgan fingerprint density at radius 3 is 2.40 bits per heavy atom. The van der Waals surface area contributed by atoms with E-state index in [-0.39, 0.29) is 17.7 Å². The number of rotatable bonds is 5. The molecule has 2 saturated heterocycles. The van der Waals surface area contributed by atoms with Crippen molar-refractivity contribution in [2.24, 2.45) is 11.7 Å². The maximum Gasteiger partial charge on any atom is 0.223 e. The number of likely N-dealkylation sites (tertiary alicyclic amines) is 2. The molecule has 2 fully saturated rings. The van der Waals surface area contributed by atoms with Crippen molar-refractivity contribution in [2.45, 2.75) is 45.6 Å². The largest absolute Gasteiger partial charge is 0.369 e. The van der Waals surface area contributed by atoms with Gasteiger partial charge in [-0.1, -0.05) is 18.2 Å². The average molecular weight is 343 g/mol. The topological polar surface area (TPSA) is 66.6 Å². The first-order valence-corrected chi connectivity index (χ1v) is 9.31. The molecule has 0 saturated carbocycles. The summed E-state index contributed by atoms with van der Waals surface area (Å²) >= 11 is 0. The zero-order chi connectivity index (χ0) is 18.0. The van der Waals surface area contributed by atoms with E-state index in [9.17, 15) is 9.59 Å². The molecule has 1 aromatic rings. The van der Waals surface area contributed by atoms with E-state index in [1.54, 1.807) is 0 Å². The van der Waals surface area contributed by atoms with Crippen molar-refractivity contribution in [3.8, 4) is 0 Å². The van der Waals surface area contributed by atoms with E-state index in [1.807, 2.05) is 4.90 Å². The first-order chi connectivity index (χ1) is 11.9. The highest BCUT2D eigenvalue weighted by atomic mass is 16.2. The van der Waals surface area contributed by atoms with Crippen LogP contribution < -0.4 is 5.73 Å². The maximum absolute atomic E-state index is 12.4. The summed E-state index contributed by atoms with van der Waals surface area (Å²) in [5, 5.41) is 0. The first kappa shape index (κ1) is 17.9. The number of aryl methyl sites for hydroxylation is 3. The van der Waals surface area contributed by atoms with Gasteiger partial charge < -0.3 is 10.6 Å². The van der Waals surface area contributed by atoms with Gasteiger partial charge in [0, 0.05) is 31.5 Å². The first-order valence-electron chi connectivity index (χ1n) is 9.31. The predicted octanol–water partition coefficient (Wildman–Crippen LogP) is 1.64. The molecule has 0 atom stereocenters. The van der Waals surface area contributed by atoms with Crippen LogP contribution in [0.4, 0.5) is 0 Å². The van der Waals surface area contributed by atoms with Crippen LogP contribution in [0.25, 0.3) is 0 Å². The molecule has 3 rings (SSSR count). The minimum absolute atomic E-state index is 0.0343. The summed E-state index contributed by atoms with van der Waals surface area (Å²) in [6.45, 7) is 7.71. The van der Waals surface area contributed by atoms with Gasteiger partial charge in [0.15, 0.2) is 0 Å². The summed E-state index contributed by atoms with van der Waals surface area (Å²) in [7, 11) is 0. The number of hydrogen-bond acceptors (Lipinski definition) is 3. The maximum atomic E-state index is 12.4. The number of carbonyl (C=O) groups excluding carboxylic acids is 2. The monoisotopic (exact) mass is 343 g/mol. The minimum Gasteiger partial charge on any atom is -0.369 e. The molecule has 0 spiro atoms. The van der Waals surface area contributed by atoms with Crippen LogP contribution >= 0.6 is 0 Å². The van der Waals surface area contributed by atoms with Crippen molar-refractivity contribution in [1.82, 2.24) is 9.80 Å². The standard InChI is InChI=1S/C20H29N3O2/c1-14-3-4-16(11-15(14)2)5-6-19(24)23-12-18(13-23)22-9-7-17(8-10-22)20(21)25/h3-4,11,17-18H,5-10,12-13H2,1-2H3,(H2,21,25). The van der Waals surface area contributed by atoms with Gasteiger partial charge in [-0.3, -0.25) is 14.5 Å². The van der Waals surface area contributed by atoms with Gasteiger partial charge >= 0.3 is 0 Å². The highest BCUT2D eigenvalue weighted by molar-refractivity contribution is 5.77. The number of benzene rings is 1. The van der Waals surface area contributed by atoms with Gasteiger partial charge in [-0.25, -0.2) is 0 Å². The van der Waals surface area contributed by atoms with Gasteiger partial charge in [0.25, 0.3) is 0 Å². The van der Waals surface area contributed by atoms with Gasteiger partial charge in [0.2, 0.25) is 11.8 Å².